The number of hydrogen-bond donors (Lipinski definition) is 2. The molecule has 20 heavy (non-hydrogen) atoms. The zero-order chi connectivity index (χ0) is 15.0. The molecule has 0 aliphatic carbocycles. The van der Waals surface area contributed by atoms with Crippen LogP contribution in [0.5, 0.6) is 0 Å². The third-order valence-corrected chi connectivity index (χ3v) is 4.40. The van der Waals surface area contributed by atoms with Crippen molar-refractivity contribution in [2.75, 3.05) is 12.3 Å². The molecule has 0 unspecified atom stereocenters. The van der Waals surface area contributed by atoms with E-state index in [4.69, 9.17) is 0 Å². The first-order chi connectivity index (χ1) is 9.50. The number of benzene rings is 1. The highest BCUT2D eigenvalue weighted by Crippen LogP contribution is 2.21. The maximum absolute atomic E-state index is 13.4. The van der Waals surface area contributed by atoms with E-state index in [2.05, 4.69) is 5.32 Å². The molecular weight excluding hydrogens is 277 g/mol. The van der Waals surface area contributed by atoms with Gasteiger partial charge in [0.1, 0.15) is 5.82 Å². The van der Waals surface area contributed by atoms with Gasteiger partial charge in [-0.05, 0) is 25.0 Å². The van der Waals surface area contributed by atoms with Crippen molar-refractivity contribution in [3.8, 4) is 0 Å². The van der Waals surface area contributed by atoms with Crippen molar-refractivity contribution < 1.29 is 14.3 Å². The molecule has 0 aliphatic heterocycles. The molecule has 5 heteroatoms. The van der Waals surface area contributed by atoms with Gasteiger partial charge >= 0.3 is 0 Å². The highest BCUT2D eigenvalue weighted by atomic mass is 32.2. The fourth-order valence-electron chi connectivity index (χ4n) is 1.67. The second kappa shape index (κ2) is 8.27. The SMILES string of the molecule is CCC(O)(CC)CNC(=O)CCSc1ccccc1F. The molecule has 0 bridgehead atoms. The van der Waals surface area contributed by atoms with Gasteiger partial charge in [-0.2, -0.15) is 0 Å². The van der Waals surface area contributed by atoms with Gasteiger partial charge in [0.2, 0.25) is 5.91 Å². The minimum Gasteiger partial charge on any atom is -0.388 e. The van der Waals surface area contributed by atoms with Crippen LogP contribution >= 0.6 is 11.8 Å². The van der Waals surface area contributed by atoms with Crippen LogP contribution in [-0.2, 0) is 4.79 Å². The Labute approximate surface area is 124 Å². The third-order valence-electron chi connectivity index (χ3n) is 3.35. The molecule has 1 rings (SSSR count). The molecule has 0 aliphatic rings. The van der Waals surface area contributed by atoms with E-state index < -0.39 is 5.60 Å². The summed E-state index contributed by atoms with van der Waals surface area (Å²) in [5.41, 5.74) is -0.825. The van der Waals surface area contributed by atoms with E-state index in [1.54, 1.807) is 18.2 Å². The van der Waals surface area contributed by atoms with Crippen molar-refractivity contribution in [1.29, 1.82) is 0 Å². The van der Waals surface area contributed by atoms with E-state index >= 15 is 0 Å². The average Bonchev–Trinajstić information content (AvgIpc) is 2.47. The summed E-state index contributed by atoms with van der Waals surface area (Å²) < 4.78 is 13.4. The van der Waals surface area contributed by atoms with Crippen LogP contribution in [0.15, 0.2) is 29.2 Å². The van der Waals surface area contributed by atoms with Crippen molar-refractivity contribution >= 4 is 17.7 Å². The summed E-state index contributed by atoms with van der Waals surface area (Å²) in [6.45, 7) is 4.05. The number of carbonyl (C=O) groups excluding carboxylic acids is 1. The maximum atomic E-state index is 13.4. The molecular formula is C15H22FNO2S. The van der Waals surface area contributed by atoms with Crippen molar-refractivity contribution in [3.05, 3.63) is 30.1 Å². The quantitative estimate of drug-likeness (QED) is 0.726. The number of hydrogen-bond acceptors (Lipinski definition) is 3. The molecule has 3 nitrogen and oxygen atoms in total. The van der Waals surface area contributed by atoms with E-state index in [-0.39, 0.29) is 18.3 Å². The largest absolute Gasteiger partial charge is 0.388 e. The van der Waals surface area contributed by atoms with E-state index in [1.165, 1.54) is 17.8 Å². The summed E-state index contributed by atoms with van der Waals surface area (Å²) in [5.74, 6) is 0.141. The predicted octanol–water partition coefficient (Wildman–Crippen LogP) is 2.98. The predicted molar refractivity (Wildman–Crippen MR) is 80.3 cm³/mol. The Balaban J connectivity index is 2.29. The average molecular weight is 299 g/mol. The fraction of sp³-hybridized carbons (Fsp3) is 0.533. The third kappa shape index (κ3) is 5.51. The Morgan fingerprint density at radius 1 is 1.35 bits per heavy atom. The molecule has 0 spiro atoms. The molecule has 2 N–H and O–H groups in total. The van der Waals surface area contributed by atoms with Crippen LogP contribution in [0.4, 0.5) is 4.39 Å². The van der Waals surface area contributed by atoms with Crippen LogP contribution in [-0.4, -0.2) is 28.9 Å². The Kier molecular flexibility index (Phi) is 7.02. The lowest BCUT2D eigenvalue weighted by atomic mass is 9.97. The Morgan fingerprint density at radius 3 is 2.60 bits per heavy atom. The number of nitrogens with one attached hydrogen (secondary N) is 1. The molecule has 1 amide bonds. The van der Waals surface area contributed by atoms with Gasteiger partial charge in [-0.3, -0.25) is 4.79 Å². The zero-order valence-electron chi connectivity index (χ0n) is 12.0. The molecule has 1 aromatic carbocycles. The summed E-state index contributed by atoms with van der Waals surface area (Å²) in [6.07, 6.45) is 1.52. The number of thioether (sulfide) groups is 1. The topological polar surface area (TPSA) is 49.3 Å². The van der Waals surface area contributed by atoms with Gasteiger partial charge in [0, 0.05) is 23.6 Å². The van der Waals surface area contributed by atoms with Crippen molar-refractivity contribution in [3.63, 3.8) is 0 Å². The van der Waals surface area contributed by atoms with Crippen LogP contribution in [0.2, 0.25) is 0 Å². The first kappa shape index (κ1) is 17.0. The monoisotopic (exact) mass is 299 g/mol. The van der Waals surface area contributed by atoms with Gasteiger partial charge in [0.05, 0.1) is 5.60 Å². The number of amides is 1. The molecule has 0 radical (unpaired) electrons. The van der Waals surface area contributed by atoms with Crippen molar-refractivity contribution in [2.24, 2.45) is 0 Å². The maximum Gasteiger partial charge on any atom is 0.220 e. The van der Waals surface area contributed by atoms with Gasteiger partial charge in [-0.1, -0.05) is 26.0 Å². The van der Waals surface area contributed by atoms with Crippen LogP contribution in [0.3, 0.4) is 0 Å². The zero-order valence-corrected chi connectivity index (χ0v) is 12.8. The fourth-order valence-corrected chi connectivity index (χ4v) is 2.56. The van der Waals surface area contributed by atoms with Gasteiger partial charge < -0.3 is 10.4 Å². The number of carbonyl (C=O) groups is 1. The number of halogens is 1. The standard InChI is InChI=1S/C15H22FNO2S/c1-3-15(19,4-2)11-17-14(18)9-10-20-13-8-6-5-7-12(13)16/h5-8,19H,3-4,9-11H2,1-2H3,(H,17,18). The van der Waals surface area contributed by atoms with Crippen LogP contribution in [0, 0.1) is 5.82 Å². The summed E-state index contributed by atoms with van der Waals surface area (Å²) in [4.78, 5) is 12.2. The summed E-state index contributed by atoms with van der Waals surface area (Å²) in [6, 6.07) is 6.52. The lowest BCUT2D eigenvalue weighted by molar-refractivity contribution is -0.122. The molecule has 0 atom stereocenters. The van der Waals surface area contributed by atoms with E-state index in [0.717, 1.165) is 0 Å². The van der Waals surface area contributed by atoms with Crippen molar-refractivity contribution in [1.82, 2.24) is 5.32 Å². The Hall–Kier alpha value is -1.07. The highest BCUT2D eigenvalue weighted by Gasteiger charge is 2.22. The van der Waals surface area contributed by atoms with Crippen LogP contribution in [0.25, 0.3) is 0 Å². The summed E-state index contributed by atoms with van der Waals surface area (Å²) in [5, 5.41) is 12.8. The van der Waals surface area contributed by atoms with Crippen LogP contribution < -0.4 is 5.32 Å². The lowest BCUT2D eigenvalue weighted by Crippen LogP contribution is -2.42. The van der Waals surface area contributed by atoms with Gasteiger partial charge in [0.25, 0.3) is 0 Å². The van der Waals surface area contributed by atoms with E-state index in [1.807, 2.05) is 13.8 Å². The smallest absolute Gasteiger partial charge is 0.220 e. The molecule has 0 saturated carbocycles. The highest BCUT2D eigenvalue weighted by molar-refractivity contribution is 7.99. The molecule has 0 fully saturated rings. The molecule has 0 heterocycles. The van der Waals surface area contributed by atoms with E-state index in [0.29, 0.717) is 29.9 Å². The minimum absolute atomic E-state index is 0.117. The van der Waals surface area contributed by atoms with Crippen molar-refractivity contribution in [2.45, 2.75) is 43.6 Å². The van der Waals surface area contributed by atoms with Crippen LogP contribution in [0.1, 0.15) is 33.1 Å². The first-order valence-corrected chi connectivity index (χ1v) is 7.85. The Bertz CT molecular complexity index is 436. The minimum atomic E-state index is -0.825. The second-order valence-corrected chi connectivity index (χ2v) is 5.87. The normalized spacial score (nSPS) is 11.4. The van der Waals surface area contributed by atoms with E-state index in [9.17, 15) is 14.3 Å². The van der Waals surface area contributed by atoms with Gasteiger partial charge in [0.15, 0.2) is 0 Å². The van der Waals surface area contributed by atoms with Gasteiger partial charge in [-0.15, -0.1) is 11.8 Å². The number of rotatable bonds is 8. The lowest BCUT2D eigenvalue weighted by Gasteiger charge is -2.25. The summed E-state index contributed by atoms with van der Waals surface area (Å²) >= 11 is 1.32. The molecule has 0 aromatic heterocycles. The molecule has 0 saturated heterocycles. The van der Waals surface area contributed by atoms with Gasteiger partial charge in [-0.25, -0.2) is 4.39 Å². The molecule has 112 valence electrons. The second-order valence-electron chi connectivity index (χ2n) is 4.74. The first-order valence-electron chi connectivity index (χ1n) is 6.87. The Morgan fingerprint density at radius 2 is 2.00 bits per heavy atom. The summed E-state index contributed by atoms with van der Waals surface area (Å²) in [7, 11) is 0. The number of aliphatic hydroxyl groups is 1. The molecule has 1 aromatic rings.